The summed E-state index contributed by atoms with van der Waals surface area (Å²) in [6, 6.07) is 9.15. The summed E-state index contributed by atoms with van der Waals surface area (Å²) in [6.45, 7) is 4.56. The predicted octanol–water partition coefficient (Wildman–Crippen LogP) is 4.27. The van der Waals surface area contributed by atoms with Crippen LogP contribution in [-0.2, 0) is 6.54 Å². The summed E-state index contributed by atoms with van der Waals surface area (Å²) in [5.74, 6) is 0. The fraction of sp³-hybridized carbons (Fsp3) is 0.579. The molecule has 0 radical (unpaired) electrons. The van der Waals surface area contributed by atoms with Crippen molar-refractivity contribution >= 4 is 5.69 Å². The van der Waals surface area contributed by atoms with Gasteiger partial charge in [0.25, 0.3) is 0 Å². The molecule has 21 heavy (non-hydrogen) atoms. The van der Waals surface area contributed by atoms with Crippen LogP contribution in [0.1, 0.15) is 50.5 Å². The first-order chi connectivity index (χ1) is 10.4. The monoisotopic (exact) mass is 284 g/mol. The summed E-state index contributed by atoms with van der Waals surface area (Å²) in [7, 11) is 0. The van der Waals surface area contributed by atoms with Gasteiger partial charge in [0.15, 0.2) is 0 Å². The molecule has 1 heterocycles. The van der Waals surface area contributed by atoms with Gasteiger partial charge in [0.2, 0.25) is 0 Å². The smallest absolute Gasteiger partial charge is 0.0366 e. The Balaban J connectivity index is 1.41. The Kier molecular flexibility index (Phi) is 5.34. The van der Waals surface area contributed by atoms with Gasteiger partial charge in [-0.2, -0.15) is 0 Å². The number of rotatable bonds is 6. The van der Waals surface area contributed by atoms with Gasteiger partial charge in [0.05, 0.1) is 0 Å². The molecule has 1 fully saturated rings. The number of nitrogens with one attached hydrogen (secondary N) is 1. The number of piperidine rings is 1. The molecule has 0 spiro atoms. The van der Waals surface area contributed by atoms with E-state index in [2.05, 4.69) is 40.6 Å². The van der Waals surface area contributed by atoms with Gasteiger partial charge in [-0.15, -0.1) is 0 Å². The number of hydrogen-bond acceptors (Lipinski definition) is 2. The van der Waals surface area contributed by atoms with Crippen molar-refractivity contribution in [2.24, 2.45) is 0 Å². The van der Waals surface area contributed by atoms with E-state index >= 15 is 0 Å². The second kappa shape index (κ2) is 7.65. The van der Waals surface area contributed by atoms with Gasteiger partial charge >= 0.3 is 0 Å². The van der Waals surface area contributed by atoms with Crippen LogP contribution in [0.25, 0.3) is 0 Å². The minimum Gasteiger partial charge on any atom is -0.372 e. The van der Waals surface area contributed by atoms with E-state index in [1.807, 2.05) is 0 Å². The van der Waals surface area contributed by atoms with E-state index in [4.69, 9.17) is 0 Å². The van der Waals surface area contributed by atoms with E-state index in [0.29, 0.717) is 0 Å². The molecule has 2 heteroatoms. The van der Waals surface area contributed by atoms with Crippen LogP contribution >= 0.6 is 0 Å². The number of hydrogen-bond donors (Lipinski definition) is 1. The third-order valence-corrected chi connectivity index (χ3v) is 4.74. The zero-order valence-corrected chi connectivity index (χ0v) is 13.1. The molecule has 0 unspecified atom stereocenters. The lowest BCUT2D eigenvalue weighted by atomic mass is 10.1. The zero-order chi connectivity index (χ0) is 14.3. The lowest BCUT2D eigenvalue weighted by Crippen LogP contribution is -2.29. The molecule has 1 saturated heterocycles. The Hall–Kier alpha value is -1.28. The molecule has 2 nitrogen and oxygen atoms in total. The van der Waals surface area contributed by atoms with E-state index in [1.165, 1.54) is 69.3 Å². The Morgan fingerprint density at radius 3 is 2.48 bits per heavy atom. The predicted molar refractivity (Wildman–Crippen MR) is 90.8 cm³/mol. The SMILES string of the molecule is C1=C(CCNCc2ccc(N3CCCCC3)cc2)CCC1. The summed E-state index contributed by atoms with van der Waals surface area (Å²) >= 11 is 0. The summed E-state index contributed by atoms with van der Waals surface area (Å²) in [5.41, 5.74) is 4.45. The fourth-order valence-corrected chi connectivity index (χ4v) is 3.42. The first-order valence-corrected chi connectivity index (χ1v) is 8.64. The van der Waals surface area contributed by atoms with Crippen LogP contribution in [0.15, 0.2) is 35.9 Å². The molecule has 0 amide bonds. The van der Waals surface area contributed by atoms with Crippen molar-refractivity contribution in [1.29, 1.82) is 0 Å². The van der Waals surface area contributed by atoms with Crippen LogP contribution in [0.5, 0.6) is 0 Å². The van der Waals surface area contributed by atoms with Crippen LogP contribution < -0.4 is 10.2 Å². The number of benzene rings is 1. The minimum atomic E-state index is 0.994. The molecule has 1 aromatic rings. The maximum absolute atomic E-state index is 3.57. The number of nitrogens with zero attached hydrogens (tertiary/aromatic N) is 1. The van der Waals surface area contributed by atoms with Gasteiger partial charge in [-0.05, 0) is 69.2 Å². The van der Waals surface area contributed by atoms with Crippen molar-refractivity contribution in [2.45, 2.75) is 51.5 Å². The van der Waals surface area contributed by atoms with Gasteiger partial charge in [-0.3, -0.25) is 0 Å². The molecule has 114 valence electrons. The molecular weight excluding hydrogens is 256 g/mol. The summed E-state index contributed by atoms with van der Waals surface area (Å²) in [6.07, 6.45) is 11.7. The van der Waals surface area contributed by atoms with Gasteiger partial charge in [-0.25, -0.2) is 0 Å². The average Bonchev–Trinajstić information content (AvgIpc) is 3.06. The molecule has 3 rings (SSSR count). The maximum atomic E-state index is 3.57. The van der Waals surface area contributed by atoms with Crippen molar-refractivity contribution < 1.29 is 0 Å². The van der Waals surface area contributed by atoms with Crippen molar-refractivity contribution in [1.82, 2.24) is 5.32 Å². The molecule has 1 aliphatic carbocycles. The van der Waals surface area contributed by atoms with Crippen molar-refractivity contribution in [2.75, 3.05) is 24.5 Å². The van der Waals surface area contributed by atoms with Gasteiger partial charge in [0.1, 0.15) is 0 Å². The Labute approximate surface area is 129 Å². The second-order valence-electron chi connectivity index (χ2n) is 6.40. The Bertz CT molecular complexity index is 455. The standard InChI is InChI=1S/C19H28N2/c1-4-14-21(15-5-1)19-10-8-18(9-11-19)16-20-13-12-17-6-2-3-7-17/h6,8-11,20H,1-5,7,12-16H2. The molecule has 0 bridgehead atoms. The van der Waals surface area contributed by atoms with Crippen molar-refractivity contribution in [3.05, 3.63) is 41.5 Å². The highest BCUT2D eigenvalue weighted by molar-refractivity contribution is 5.47. The van der Waals surface area contributed by atoms with Crippen LogP contribution in [0.3, 0.4) is 0 Å². The van der Waals surface area contributed by atoms with E-state index in [-0.39, 0.29) is 0 Å². The summed E-state index contributed by atoms with van der Waals surface area (Å²) in [4.78, 5) is 2.52. The largest absolute Gasteiger partial charge is 0.372 e. The average molecular weight is 284 g/mol. The van der Waals surface area contributed by atoms with Crippen LogP contribution in [-0.4, -0.2) is 19.6 Å². The molecule has 1 N–H and O–H groups in total. The quantitative estimate of drug-likeness (QED) is 0.620. The Morgan fingerprint density at radius 1 is 0.952 bits per heavy atom. The lowest BCUT2D eigenvalue weighted by Gasteiger charge is -2.28. The summed E-state index contributed by atoms with van der Waals surface area (Å²) < 4.78 is 0. The van der Waals surface area contributed by atoms with Gasteiger partial charge in [0, 0.05) is 25.3 Å². The molecule has 0 saturated carbocycles. The lowest BCUT2D eigenvalue weighted by molar-refractivity contribution is 0.578. The third kappa shape index (κ3) is 4.34. The van der Waals surface area contributed by atoms with E-state index < -0.39 is 0 Å². The normalized spacial score (nSPS) is 18.9. The molecular formula is C19H28N2. The highest BCUT2D eigenvalue weighted by Crippen LogP contribution is 2.21. The highest BCUT2D eigenvalue weighted by Gasteiger charge is 2.10. The first kappa shape index (κ1) is 14.6. The number of allylic oxidation sites excluding steroid dienone is 1. The van der Waals surface area contributed by atoms with Crippen LogP contribution in [0, 0.1) is 0 Å². The number of anilines is 1. The van der Waals surface area contributed by atoms with E-state index in [9.17, 15) is 0 Å². The minimum absolute atomic E-state index is 0.994. The van der Waals surface area contributed by atoms with E-state index in [0.717, 1.165) is 13.1 Å². The topological polar surface area (TPSA) is 15.3 Å². The van der Waals surface area contributed by atoms with Crippen LogP contribution in [0.2, 0.25) is 0 Å². The van der Waals surface area contributed by atoms with Gasteiger partial charge < -0.3 is 10.2 Å². The Morgan fingerprint density at radius 2 is 1.76 bits per heavy atom. The molecule has 1 aliphatic heterocycles. The zero-order valence-electron chi connectivity index (χ0n) is 13.1. The third-order valence-electron chi connectivity index (χ3n) is 4.74. The van der Waals surface area contributed by atoms with Crippen LogP contribution in [0.4, 0.5) is 5.69 Å². The highest BCUT2D eigenvalue weighted by atomic mass is 15.1. The van der Waals surface area contributed by atoms with Crippen molar-refractivity contribution in [3.63, 3.8) is 0 Å². The molecule has 0 atom stereocenters. The summed E-state index contributed by atoms with van der Waals surface area (Å²) in [5, 5.41) is 3.57. The maximum Gasteiger partial charge on any atom is 0.0366 e. The fourth-order valence-electron chi connectivity index (χ4n) is 3.42. The first-order valence-electron chi connectivity index (χ1n) is 8.64. The second-order valence-corrected chi connectivity index (χ2v) is 6.40. The van der Waals surface area contributed by atoms with Gasteiger partial charge in [-0.1, -0.05) is 23.8 Å². The molecule has 0 aromatic heterocycles. The molecule has 2 aliphatic rings. The van der Waals surface area contributed by atoms with Crippen molar-refractivity contribution in [3.8, 4) is 0 Å². The molecule has 1 aromatic carbocycles. The van der Waals surface area contributed by atoms with E-state index in [1.54, 1.807) is 5.57 Å².